The molecule has 3 heterocycles. The van der Waals surface area contributed by atoms with Crippen molar-refractivity contribution in [2.75, 3.05) is 13.1 Å². The number of carbonyl (C=O) groups excluding carboxylic acids is 1. The molecule has 1 unspecified atom stereocenters. The number of nitrogens with zero attached hydrogens (tertiary/aromatic N) is 4. The van der Waals surface area contributed by atoms with Crippen LogP contribution in [0.2, 0.25) is 0 Å². The predicted molar refractivity (Wildman–Crippen MR) is 78.8 cm³/mol. The minimum atomic E-state index is -0.111. The van der Waals surface area contributed by atoms with Gasteiger partial charge in [0.2, 0.25) is 5.91 Å². The maximum absolute atomic E-state index is 12.4. The van der Waals surface area contributed by atoms with Gasteiger partial charge in [0.15, 0.2) is 5.52 Å². The summed E-state index contributed by atoms with van der Waals surface area (Å²) in [6.45, 7) is 3.71. The molecule has 0 radical (unpaired) electrons. The molecule has 0 aliphatic carbocycles. The van der Waals surface area contributed by atoms with Crippen molar-refractivity contribution in [2.45, 2.75) is 26.3 Å². The highest BCUT2D eigenvalue weighted by Crippen LogP contribution is 2.18. The van der Waals surface area contributed by atoms with Gasteiger partial charge in [-0.2, -0.15) is 0 Å². The van der Waals surface area contributed by atoms with Crippen molar-refractivity contribution in [3.8, 4) is 0 Å². The number of fused-ring (bicyclic) bond motifs is 1. The average molecular weight is 286 g/mol. The molecule has 21 heavy (non-hydrogen) atoms. The highest BCUT2D eigenvalue weighted by molar-refractivity contribution is 5.73. The van der Waals surface area contributed by atoms with Gasteiger partial charge in [0, 0.05) is 32.8 Å². The van der Waals surface area contributed by atoms with E-state index in [0.717, 1.165) is 19.4 Å². The molecule has 0 aromatic carbocycles. The first-order chi connectivity index (χ1) is 10.1. The molecule has 2 aromatic heterocycles. The van der Waals surface area contributed by atoms with E-state index in [1.807, 2.05) is 4.90 Å². The lowest BCUT2D eigenvalue weighted by Crippen LogP contribution is -2.40. The van der Waals surface area contributed by atoms with E-state index < -0.39 is 0 Å². The molecule has 1 fully saturated rings. The van der Waals surface area contributed by atoms with Gasteiger partial charge >= 0.3 is 0 Å². The van der Waals surface area contributed by atoms with Crippen LogP contribution in [-0.4, -0.2) is 38.4 Å². The molecule has 110 valence electrons. The van der Waals surface area contributed by atoms with Gasteiger partial charge in [0.05, 0.1) is 11.8 Å². The minimum Gasteiger partial charge on any atom is -0.343 e. The quantitative estimate of drug-likeness (QED) is 0.827. The number of hydrogen-bond acceptors (Lipinski definition) is 4. The average Bonchev–Trinajstić information content (AvgIpc) is 2.51. The zero-order valence-corrected chi connectivity index (χ0v) is 12.0. The predicted octanol–water partition coefficient (Wildman–Crippen LogP) is 1.05. The molecule has 0 saturated carbocycles. The van der Waals surface area contributed by atoms with E-state index in [4.69, 9.17) is 0 Å². The smallest absolute Gasteiger partial charge is 0.279 e. The van der Waals surface area contributed by atoms with Crippen LogP contribution in [0, 0.1) is 5.92 Å². The Morgan fingerprint density at radius 2 is 2.29 bits per heavy atom. The summed E-state index contributed by atoms with van der Waals surface area (Å²) in [5.74, 6) is 0.397. The Morgan fingerprint density at radius 1 is 1.43 bits per heavy atom. The van der Waals surface area contributed by atoms with Crippen molar-refractivity contribution >= 4 is 16.9 Å². The third-order valence-electron chi connectivity index (χ3n) is 4.01. The monoisotopic (exact) mass is 286 g/mol. The molecule has 1 amide bonds. The second kappa shape index (κ2) is 5.63. The van der Waals surface area contributed by atoms with Crippen LogP contribution in [0.4, 0.5) is 0 Å². The van der Waals surface area contributed by atoms with Crippen LogP contribution >= 0.6 is 0 Å². The van der Waals surface area contributed by atoms with Crippen LogP contribution in [-0.2, 0) is 11.3 Å². The van der Waals surface area contributed by atoms with Crippen molar-refractivity contribution in [3.63, 3.8) is 0 Å². The van der Waals surface area contributed by atoms with Crippen LogP contribution in [0.15, 0.2) is 29.5 Å². The number of pyridine rings is 1. The number of rotatable bonds is 2. The van der Waals surface area contributed by atoms with Gasteiger partial charge in [-0.1, -0.05) is 0 Å². The van der Waals surface area contributed by atoms with Gasteiger partial charge in [0.1, 0.15) is 0 Å². The van der Waals surface area contributed by atoms with Gasteiger partial charge in [-0.15, -0.1) is 0 Å². The number of hydrogen-bond donors (Lipinski definition) is 0. The zero-order valence-electron chi connectivity index (χ0n) is 12.0. The Morgan fingerprint density at radius 3 is 3.10 bits per heavy atom. The van der Waals surface area contributed by atoms with E-state index in [1.54, 1.807) is 36.1 Å². The lowest BCUT2D eigenvalue weighted by atomic mass is 9.98. The number of aromatic nitrogens is 3. The summed E-state index contributed by atoms with van der Waals surface area (Å²) >= 11 is 0. The molecule has 0 spiro atoms. The third kappa shape index (κ3) is 2.79. The van der Waals surface area contributed by atoms with Crippen LogP contribution < -0.4 is 5.56 Å². The van der Waals surface area contributed by atoms with Crippen molar-refractivity contribution in [2.24, 2.45) is 5.92 Å². The number of amides is 1. The van der Waals surface area contributed by atoms with E-state index in [9.17, 15) is 9.59 Å². The summed E-state index contributed by atoms with van der Waals surface area (Å²) in [7, 11) is 0. The molecular weight excluding hydrogens is 268 g/mol. The molecule has 6 heteroatoms. The summed E-state index contributed by atoms with van der Waals surface area (Å²) in [4.78, 5) is 34.1. The molecule has 1 aliphatic heterocycles. The van der Waals surface area contributed by atoms with Crippen molar-refractivity contribution in [3.05, 3.63) is 35.0 Å². The first-order valence-electron chi connectivity index (χ1n) is 7.21. The molecule has 1 atom stereocenters. The van der Waals surface area contributed by atoms with Crippen molar-refractivity contribution in [1.82, 2.24) is 19.4 Å². The Bertz CT molecular complexity index is 725. The van der Waals surface area contributed by atoms with E-state index >= 15 is 0 Å². The Kier molecular flexibility index (Phi) is 3.68. The molecule has 1 saturated heterocycles. The molecule has 1 aliphatic rings. The van der Waals surface area contributed by atoms with Crippen LogP contribution in [0.3, 0.4) is 0 Å². The summed E-state index contributed by atoms with van der Waals surface area (Å²) < 4.78 is 1.61. The fraction of sp³-hybridized carbons (Fsp3) is 0.467. The van der Waals surface area contributed by atoms with Crippen LogP contribution in [0.5, 0.6) is 0 Å². The number of carbonyl (C=O) groups is 1. The second-order valence-electron chi connectivity index (χ2n) is 5.55. The second-order valence-corrected chi connectivity index (χ2v) is 5.55. The fourth-order valence-electron chi connectivity index (χ4n) is 2.89. The maximum atomic E-state index is 12.4. The Labute approximate surface area is 122 Å². The van der Waals surface area contributed by atoms with Gasteiger partial charge in [-0.05, 0) is 30.9 Å². The maximum Gasteiger partial charge on any atom is 0.279 e. The first kappa shape index (κ1) is 13.7. The van der Waals surface area contributed by atoms with Crippen molar-refractivity contribution < 1.29 is 4.79 Å². The summed E-state index contributed by atoms with van der Waals surface area (Å²) in [5.41, 5.74) is 0.910. The van der Waals surface area contributed by atoms with E-state index in [0.29, 0.717) is 30.0 Å². The van der Waals surface area contributed by atoms with Gasteiger partial charge in [-0.3, -0.25) is 14.2 Å². The Balaban J connectivity index is 1.83. The largest absolute Gasteiger partial charge is 0.343 e. The highest BCUT2D eigenvalue weighted by atomic mass is 16.2. The highest BCUT2D eigenvalue weighted by Gasteiger charge is 2.22. The number of likely N-dealkylation sites (tertiary alicyclic amines) is 1. The topological polar surface area (TPSA) is 68.1 Å². The lowest BCUT2D eigenvalue weighted by molar-refractivity contribution is -0.130. The Hall–Kier alpha value is -2.24. The molecule has 2 aromatic rings. The molecule has 6 nitrogen and oxygen atoms in total. The summed E-state index contributed by atoms with van der Waals surface area (Å²) in [6.07, 6.45) is 5.20. The SMILES string of the molecule is CC(=O)N1CCCC(Cn2cnc3cccnc3c2=O)C1. The van der Waals surface area contributed by atoms with Crippen molar-refractivity contribution in [1.29, 1.82) is 0 Å². The molecular formula is C15H18N4O2. The lowest BCUT2D eigenvalue weighted by Gasteiger charge is -2.32. The summed E-state index contributed by atoms with van der Waals surface area (Å²) in [5, 5.41) is 0. The standard InChI is InChI=1S/C15H18N4O2/c1-11(20)18-7-3-4-12(8-18)9-19-10-17-13-5-2-6-16-14(13)15(19)21/h2,5-6,10,12H,3-4,7-9H2,1H3. The molecule has 3 rings (SSSR count). The van der Waals surface area contributed by atoms with E-state index in [-0.39, 0.29) is 11.5 Å². The molecule has 0 bridgehead atoms. The normalized spacial score (nSPS) is 18.9. The zero-order chi connectivity index (χ0) is 14.8. The van der Waals surface area contributed by atoms with Crippen LogP contribution in [0.25, 0.3) is 11.0 Å². The summed E-state index contributed by atoms with van der Waals surface area (Å²) in [6, 6.07) is 3.55. The third-order valence-corrected chi connectivity index (χ3v) is 4.01. The van der Waals surface area contributed by atoms with Gasteiger partial charge in [-0.25, -0.2) is 9.97 Å². The first-order valence-corrected chi connectivity index (χ1v) is 7.21. The molecule has 0 N–H and O–H groups in total. The minimum absolute atomic E-state index is 0.102. The van der Waals surface area contributed by atoms with E-state index in [1.165, 1.54) is 0 Å². The van der Waals surface area contributed by atoms with Gasteiger partial charge < -0.3 is 4.90 Å². The van der Waals surface area contributed by atoms with E-state index in [2.05, 4.69) is 9.97 Å². The van der Waals surface area contributed by atoms with Gasteiger partial charge in [0.25, 0.3) is 5.56 Å². The van der Waals surface area contributed by atoms with Crippen LogP contribution in [0.1, 0.15) is 19.8 Å². The number of piperidine rings is 1. The fourth-order valence-corrected chi connectivity index (χ4v) is 2.89.